The van der Waals surface area contributed by atoms with Gasteiger partial charge in [0, 0.05) is 35.2 Å². The standard InChI is InChI=1S/C27H31F2N3O7/c1-31(2)21-15-7-11-6-14-18(16(33)8-12(20(14)29)10-32-5-3-4-13(32)9-28)22(34)17(11)24(36)27(15,39)25(37)19(23(21)35)26(30)38/h8,11,13,15,21,33-34,37,39H,3-7,9-10H2,1-2H3,(H2,30,38)/t11-,13-,15-,21-,27-/m0/s1. The summed E-state index contributed by atoms with van der Waals surface area (Å²) in [5.74, 6) is -8.59. The van der Waals surface area contributed by atoms with Gasteiger partial charge >= 0.3 is 0 Å². The van der Waals surface area contributed by atoms with Gasteiger partial charge in [-0.15, -0.1) is 0 Å². The summed E-state index contributed by atoms with van der Waals surface area (Å²) in [4.78, 5) is 42.2. The minimum Gasteiger partial charge on any atom is -0.508 e. The van der Waals surface area contributed by atoms with Crippen LogP contribution in [0.2, 0.25) is 0 Å². The molecule has 210 valence electrons. The predicted octanol–water partition coefficient (Wildman–Crippen LogP) is 1.04. The number of phenolic OH excluding ortho intramolecular Hbond substituents is 1. The lowest BCUT2D eigenvalue weighted by Crippen LogP contribution is -2.65. The summed E-state index contributed by atoms with van der Waals surface area (Å²) in [5.41, 5.74) is 1.08. The van der Waals surface area contributed by atoms with E-state index < -0.39 is 76.3 Å². The molecule has 0 spiro atoms. The highest BCUT2D eigenvalue weighted by Crippen LogP contribution is 2.53. The summed E-state index contributed by atoms with van der Waals surface area (Å²) < 4.78 is 29.3. The molecule has 1 aromatic rings. The smallest absolute Gasteiger partial charge is 0.255 e. The van der Waals surface area contributed by atoms with E-state index in [4.69, 9.17) is 5.73 Å². The van der Waals surface area contributed by atoms with Crippen LogP contribution in [0.1, 0.15) is 36.0 Å². The maximum atomic E-state index is 15.9. The third-order valence-corrected chi connectivity index (χ3v) is 8.78. The summed E-state index contributed by atoms with van der Waals surface area (Å²) in [6.07, 6.45) is 1.13. The summed E-state index contributed by atoms with van der Waals surface area (Å²) in [7, 11) is 3.00. The largest absolute Gasteiger partial charge is 0.508 e. The van der Waals surface area contributed by atoms with Crippen molar-refractivity contribution in [2.24, 2.45) is 17.6 Å². The van der Waals surface area contributed by atoms with Gasteiger partial charge in [0.25, 0.3) is 5.91 Å². The first-order valence-corrected chi connectivity index (χ1v) is 12.8. The predicted molar refractivity (Wildman–Crippen MR) is 134 cm³/mol. The van der Waals surface area contributed by atoms with E-state index in [1.54, 1.807) is 4.90 Å². The van der Waals surface area contributed by atoms with E-state index in [0.29, 0.717) is 13.0 Å². The van der Waals surface area contributed by atoms with E-state index in [0.717, 1.165) is 12.5 Å². The van der Waals surface area contributed by atoms with E-state index in [-0.39, 0.29) is 47.7 Å². The number of carbonyl (C=O) groups is 3. The van der Waals surface area contributed by atoms with Gasteiger partial charge in [-0.2, -0.15) is 0 Å². The molecule has 3 aliphatic carbocycles. The number of aliphatic hydroxyl groups excluding tert-OH is 2. The molecule has 1 saturated heterocycles. The van der Waals surface area contributed by atoms with Crippen LogP contribution < -0.4 is 5.73 Å². The molecule has 12 heteroatoms. The number of hydrogen-bond acceptors (Lipinski definition) is 9. The summed E-state index contributed by atoms with van der Waals surface area (Å²) in [5, 5.41) is 44.4. The van der Waals surface area contributed by atoms with Crippen molar-refractivity contribution in [1.82, 2.24) is 9.80 Å². The number of carbonyl (C=O) groups excluding carboxylic acids is 3. The second-order valence-electron chi connectivity index (χ2n) is 11.1. The topological polar surface area (TPSA) is 165 Å². The quantitative estimate of drug-likeness (QED) is 0.339. The van der Waals surface area contributed by atoms with Gasteiger partial charge in [0.15, 0.2) is 11.4 Å². The van der Waals surface area contributed by atoms with Gasteiger partial charge < -0.3 is 26.2 Å². The number of Topliss-reactive ketones (excluding diaryl/α,β-unsaturated/α-hetero) is 2. The number of nitrogens with zero attached hydrogens (tertiary/aromatic N) is 2. The Morgan fingerprint density at radius 3 is 2.56 bits per heavy atom. The summed E-state index contributed by atoms with van der Waals surface area (Å²) in [6, 6.07) is -0.443. The van der Waals surface area contributed by atoms with Crippen molar-refractivity contribution >= 4 is 23.2 Å². The number of alkyl halides is 1. The third kappa shape index (κ3) is 3.80. The van der Waals surface area contributed by atoms with Crippen LogP contribution in [0.5, 0.6) is 5.75 Å². The van der Waals surface area contributed by atoms with Gasteiger partial charge in [-0.3, -0.25) is 24.2 Å². The molecular weight excluding hydrogens is 516 g/mol. The number of phenols is 1. The van der Waals surface area contributed by atoms with Gasteiger partial charge in [0.2, 0.25) is 5.78 Å². The molecule has 5 rings (SSSR count). The highest BCUT2D eigenvalue weighted by molar-refractivity contribution is 6.24. The first-order chi connectivity index (χ1) is 18.3. The van der Waals surface area contributed by atoms with E-state index in [1.807, 2.05) is 0 Å². The first kappa shape index (κ1) is 27.2. The molecule has 0 aromatic heterocycles. The average molecular weight is 548 g/mol. The molecule has 4 aliphatic rings. The van der Waals surface area contributed by atoms with Crippen molar-refractivity contribution in [2.45, 2.75) is 49.9 Å². The zero-order chi connectivity index (χ0) is 28.5. The Morgan fingerprint density at radius 1 is 1.26 bits per heavy atom. The number of ketones is 2. The monoisotopic (exact) mass is 547 g/mol. The number of primary amides is 1. The van der Waals surface area contributed by atoms with Crippen molar-refractivity contribution in [1.29, 1.82) is 0 Å². The van der Waals surface area contributed by atoms with Crippen LogP contribution in [0.25, 0.3) is 5.76 Å². The molecule has 39 heavy (non-hydrogen) atoms. The Bertz CT molecular complexity index is 1360. The van der Waals surface area contributed by atoms with Crippen molar-refractivity contribution in [3.63, 3.8) is 0 Å². The zero-order valence-corrected chi connectivity index (χ0v) is 21.6. The molecule has 0 radical (unpaired) electrons. The number of likely N-dealkylation sites (tertiary alicyclic amines) is 1. The number of nitrogens with two attached hydrogens (primary N) is 1. The molecule has 10 nitrogen and oxygen atoms in total. The third-order valence-electron chi connectivity index (χ3n) is 8.78. The van der Waals surface area contributed by atoms with Crippen LogP contribution in [0.15, 0.2) is 23.0 Å². The number of amides is 1. The zero-order valence-electron chi connectivity index (χ0n) is 21.6. The lowest BCUT2D eigenvalue weighted by molar-refractivity contribution is -0.153. The van der Waals surface area contributed by atoms with Gasteiger partial charge in [0.05, 0.1) is 11.6 Å². The SMILES string of the molecule is CN(C)[C@@H]1C(=O)C(C(N)=O)=C(O)[C@@]2(O)C(=O)C3=C(O)c4c(O)cc(CN5CCC[C@H]5CF)c(F)c4C[C@H]3C[C@@H]12. The summed E-state index contributed by atoms with van der Waals surface area (Å²) in [6.45, 7) is 0.0452. The Hall–Kier alpha value is -3.35. The molecule has 1 amide bonds. The Labute approximate surface area is 223 Å². The number of fused-ring (bicyclic) bond motifs is 3. The van der Waals surface area contributed by atoms with E-state index in [2.05, 4.69) is 0 Å². The van der Waals surface area contributed by atoms with Gasteiger partial charge in [0.1, 0.15) is 35.3 Å². The number of hydrogen-bond donors (Lipinski definition) is 5. The fourth-order valence-electron chi connectivity index (χ4n) is 6.96. The molecule has 0 unspecified atom stereocenters. The fourth-order valence-corrected chi connectivity index (χ4v) is 6.96. The van der Waals surface area contributed by atoms with Crippen molar-refractivity contribution in [3.05, 3.63) is 45.5 Å². The molecule has 6 N–H and O–H groups in total. The number of likely N-dealkylation sites (N-methyl/N-ethyl adjacent to an activating group) is 1. The maximum Gasteiger partial charge on any atom is 0.255 e. The van der Waals surface area contributed by atoms with Gasteiger partial charge in [-0.25, -0.2) is 8.78 Å². The second kappa shape index (κ2) is 9.39. The molecular formula is C27H31F2N3O7. The molecule has 2 fully saturated rings. The highest BCUT2D eigenvalue weighted by atomic mass is 19.1. The van der Waals surface area contributed by atoms with Crippen LogP contribution in [0, 0.1) is 17.7 Å². The number of aliphatic hydroxyl groups is 3. The lowest BCUT2D eigenvalue weighted by Gasteiger charge is -2.50. The van der Waals surface area contributed by atoms with E-state index in [9.17, 15) is 39.2 Å². The summed E-state index contributed by atoms with van der Waals surface area (Å²) >= 11 is 0. The lowest BCUT2D eigenvalue weighted by atomic mass is 9.57. The molecule has 1 heterocycles. The Morgan fingerprint density at radius 2 is 1.95 bits per heavy atom. The molecule has 1 saturated carbocycles. The number of aromatic hydroxyl groups is 1. The van der Waals surface area contributed by atoms with Crippen LogP contribution in [-0.4, -0.2) is 92.7 Å². The van der Waals surface area contributed by atoms with Crippen LogP contribution >= 0.6 is 0 Å². The van der Waals surface area contributed by atoms with Crippen molar-refractivity contribution in [3.8, 4) is 5.75 Å². The van der Waals surface area contributed by atoms with Crippen LogP contribution in [-0.2, 0) is 27.3 Å². The average Bonchev–Trinajstić information content (AvgIpc) is 3.31. The minimum absolute atomic E-state index is 0.0355. The van der Waals surface area contributed by atoms with Gasteiger partial charge in [-0.05, 0) is 58.3 Å². The molecule has 1 aliphatic heterocycles. The van der Waals surface area contributed by atoms with Crippen molar-refractivity contribution in [2.75, 3.05) is 27.3 Å². The second-order valence-corrected chi connectivity index (χ2v) is 11.1. The van der Waals surface area contributed by atoms with Crippen LogP contribution in [0.3, 0.4) is 0 Å². The normalized spacial score (nSPS) is 31.0. The number of halogens is 2. The Kier molecular flexibility index (Phi) is 6.55. The molecule has 5 atom stereocenters. The fraction of sp³-hybridized carbons (Fsp3) is 0.519. The van der Waals surface area contributed by atoms with Crippen molar-refractivity contribution < 1.29 is 43.6 Å². The van der Waals surface area contributed by atoms with Crippen LogP contribution in [0.4, 0.5) is 8.78 Å². The maximum absolute atomic E-state index is 15.9. The number of benzene rings is 1. The Balaban J connectivity index is 1.63. The van der Waals surface area contributed by atoms with Gasteiger partial charge in [-0.1, -0.05) is 0 Å². The highest BCUT2D eigenvalue weighted by Gasteiger charge is 2.64. The first-order valence-electron chi connectivity index (χ1n) is 12.8. The molecule has 0 bridgehead atoms. The van der Waals surface area contributed by atoms with E-state index in [1.165, 1.54) is 19.0 Å². The minimum atomic E-state index is -2.75. The molecule has 1 aromatic carbocycles. The number of rotatable bonds is 5. The van der Waals surface area contributed by atoms with E-state index >= 15 is 4.39 Å².